The van der Waals surface area contributed by atoms with Crippen LogP contribution in [0.25, 0.3) is 0 Å². The van der Waals surface area contributed by atoms with Gasteiger partial charge in [0.1, 0.15) is 11.8 Å². The van der Waals surface area contributed by atoms with Gasteiger partial charge in [0.05, 0.1) is 0 Å². The Morgan fingerprint density at radius 3 is 2.40 bits per heavy atom. The Bertz CT molecular complexity index is 457. The summed E-state index contributed by atoms with van der Waals surface area (Å²) in [5, 5.41) is 20.0. The highest BCUT2D eigenvalue weighted by Crippen LogP contribution is 2.13. The van der Waals surface area contributed by atoms with Crippen LogP contribution >= 0.6 is 0 Å². The number of aryl methyl sites for hydroxylation is 1. The lowest BCUT2D eigenvalue weighted by Crippen LogP contribution is -2.46. The van der Waals surface area contributed by atoms with Crippen LogP contribution in [0.5, 0.6) is 5.75 Å². The SMILES string of the molecule is Cc1ccc(OC(C)C(=O)NC(CCO)C(=O)O)cc1. The molecule has 2 unspecified atom stereocenters. The summed E-state index contributed by atoms with van der Waals surface area (Å²) in [6.07, 6.45) is -0.864. The summed E-state index contributed by atoms with van der Waals surface area (Å²) in [5.41, 5.74) is 1.07. The number of nitrogens with one attached hydrogen (secondary N) is 1. The molecule has 6 heteroatoms. The number of hydrogen-bond acceptors (Lipinski definition) is 4. The molecule has 1 amide bonds. The van der Waals surface area contributed by atoms with Gasteiger partial charge in [-0.2, -0.15) is 0 Å². The molecule has 0 saturated heterocycles. The minimum absolute atomic E-state index is 0.0433. The van der Waals surface area contributed by atoms with Crippen molar-refractivity contribution in [2.75, 3.05) is 6.61 Å². The average molecular weight is 281 g/mol. The number of aliphatic hydroxyl groups excluding tert-OH is 1. The van der Waals surface area contributed by atoms with E-state index >= 15 is 0 Å². The smallest absolute Gasteiger partial charge is 0.326 e. The first-order valence-electron chi connectivity index (χ1n) is 6.31. The van der Waals surface area contributed by atoms with Crippen molar-refractivity contribution in [2.24, 2.45) is 0 Å². The summed E-state index contributed by atoms with van der Waals surface area (Å²) < 4.78 is 5.42. The number of carbonyl (C=O) groups excluding carboxylic acids is 1. The Hall–Kier alpha value is -2.08. The maximum atomic E-state index is 11.8. The molecule has 6 nitrogen and oxygen atoms in total. The molecule has 0 saturated carbocycles. The van der Waals surface area contributed by atoms with Crippen molar-refractivity contribution in [3.05, 3.63) is 29.8 Å². The van der Waals surface area contributed by atoms with E-state index in [0.717, 1.165) is 5.56 Å². The first kappa shape index (κ1) is 16.0. The molecule has 0 fully saturated rings. The second kappa shape index (κ2) is 7.49. The zero-order valence-corrected chi connectivity index (χ0v) is 11.5. The summed E-state index contributed by atoms with van der Waals surface area (Å²) in [6, 6.07) is 6.07. The minimum atomic E-state index is -1.19. The van der Waals surface area contributed by atoms with E-state index in [2.05, 4.69) is 5.32 Å². The zero-order valence-electron chi connectivity index (χ0n) is 11.5. The van der Waals surface area contributed by atoms with E-state index in [4.69, 9.17) is 14.9 Å². The summed E-state index contributed by atoms with van der Waals surface area (Å²) >= 11 is 0. The van der Waals surface area contributed by atoms with E-state index in [1.807, 2.05) is 19.1 Å². The minimum Gasteiger partial charge on any atom is -0.481 e. The number of ether oxygens (including phenoxy) is 1. The first-order chi connectivity index (χ1) is 9.43. The van der Waals surface area contributed by atoms with Gasteiger partial charge in [-0.3, -0.25) is 4.79 Å². The van der Waals surface area contributed by atoms with Crippen molar-refractivity contribution >= 4 is 11.9 Å². The van der Waals surface area contributed by atoms with Gasteiger partial charge in [0, 0.05) is 13.0 Å². The lowest BCUT2D eigenvalue weighted by molar-refractivity contribution is -0.143. The Balaban J connectivity index is 2.57. The van der Waals surface area contributed by atoms with Crippen molar-refractivity contribution in [1.29, 1.82) is 0 Å². The van der Waals surface area contributed by atoms with Crippen LogP contribution in [-0.2, 0) is 9.59 Å². The fourth-order valence-corrected chi connectivity index (χ4v) is 1.55. The molecular formula is C14H19NO5. The molecule has 110 valence electrons. The maximum Gasteiger partial charge on any atom is 0.326 e. The van der Waals surface area contributed by atoms with Crippen molar-refractivity contribution in [3.63, 3.8) is 0 Å². The predicted octanol–water partition coefficient (Wildman–Crippen LogP) is 0.714. The summed E-state index contributed by atoms with van der Waals surface area (Å²) in [6.45, 7) is 3.16. The number of hydrogen-bond donors (Lipinski definition) is 3. The molecule has 2 atom stereocenters. The Kier molecular flexibility index (Phi) is 5.99. The van der Waals surface area contributed by atoms with E-state index < -0.39 is 24.0 Å². The van der Waals surface area contributed by atoms with Gasteiger partial charge in [0.2, 0.25) is 0 Å². The monoisotopic (exact) mass is 281 g/mol. The summed E-state index contributed by atoms with van der Waals surface area (Å²) in [4.78, 5) is 22.7. The van der Waals surface area contributed by atoms with Gasteiger partial charge in [0.15, 0.2) is 6.10 Å². The number of rotatable bonds is 7. The van der Waals surface area contributed by atoms with Crippen LogP contribution in [0.4, 0.5) is 0 Å². The van der Waals surface area contributed by atoms with E-state index in [1.54, 1.807) is 12.1 Å². The normalized spacial score (nSPS) is 13.3. The number of benzene rings is 1. The van der Waals surface area contributed by atoms with Gasteiger partial charge >= 0.3 is 5.97 Å². The van der Waals surface area contributed by atoms with Gasteiger partial charge in [-0.25, -0.2) is 4.79 Å². The molecule has 1 aromatic rings. The highest BCUT2D eigenvalue weighted by molar-refractivity contribution is 5.86. The number of carboxylic acid groups (broad SMARTS) is 1. The number of aliphatic hydroxyl groups is 1. The molecule has 1 rings (SSSR count). The fourth-order valence-electron chi connectivity index (χ4n) is 1.55. The molecule has 1 aromatic carbocycles. The average Bonchev–Trinajstić information content (AvgIpc) is 2.40. The number of amides is 1. The van der Waals surface area contributed by atoms with Gasteiger partial charge in [-0.05, 0) is 26.0 Å². The molecule has 0 heterocycles. The molecule has 0 aliphatic rings. The van der Waals surface area contributed by atoms with Crippen LogP contribution in [0.2, 0.25) is 0 Å². The van der Waals surface area contributed by atoms with Crippen molar-refractivity contribution in [1.82, 2.24) is 5.32 Å². The Morgan fingerprint density at radius 2 is 1.90 bits per heavy atom. The van der Waals surface area contributed by atoms with Crippen molar-refractivity contribution in [2.45, 2.75) is 32.4 Å². The molecule has 20 heavy (non-hydrogen) atoms. The summed E-state index contributed by atoms with van der Waals surface area (Å²) in [5.74, 6) is -1.19. The molecule has 0 spiro atoms. The van der Waals surface area contributed by atoms with Gasteiger partial charge in [-0.15, -0.1) is 0 Å². The van der Waals surface area contributed by atoms with Crippen LogP contribution in [0, 0.1) is 6.92 Å². The third kappa shape index (κ3) is 4.89. The molecule has 0 radical (unpaired) electrons. The quantitative estimate of drug-likeness (QED) is 0.684. The van der Waals surface area contributed by atoms with Gasteiger partial charge in [-0.1, -0.05) is 17.7 Å². The molecule has 3 N–H and O–H groups in total. The van der Waals surface area contributed by atoms with Crippen LogP contribution in [0.3, 0.4) is 0 Å². The van der Waals surface area contributed by atoms with Gasteiger partial charge < -0.3 is 20.3 Å². The van der Waals surface area contributed by atoms with Crippen molar-refractivity contribution in [3.8, 4) is 5.75 Å². The van der Waals surface area contributed by atoms with E-state index in [-0.39, 0.29) is 13.0 Å². The number of aliphatic carboxylic acids is 1. The summed E-state index contributed by atoms with van der Waals surface area (Å²) in [7, 11) is 0. The molecule has 0 aliphatic heterocycles. The first-order valence-corrected chi connectivity index (χ1v) is 6.31. The standard InChI is InChI=1S/C14H19NO5/c1-9-3-5-11(6-4-9)20-10(2)13(17)15-12(7-8-16)14(18)19/h3-6,10,12,16H,7-8H2,1-2H3,(H,15,17)(H,18,19). The number of carboxylic acids is 1. The Morgan fingerprint density at radius 1 is 1.30 bits per heavy atom. The van der Waals surface area contributed by atoms with Crippen molar-refractivity contribution < 1.29 is 24.5 Å². The van der Waals surface area contributed by atoms with Gasteiger partial charge in [0.25, 0.3) is 5.91 Å². The molecule has 0 bridgehead atoms. The van der Waals surface area contributed by atoms with Crippen LogP contribution < -0.4 is 10.1 Å². The second-order valence-electron chi connectivity index (χ2n) is 4.48. The predicted molar refractivity (Wildman–Crippen MR) is 72.5 cm³/mol. The van der Waals surface area contributed by atoms with Crippen LogP contribution in [0.15, 0.2) is 24.3 Å². The zero-order chi connectivity index (χ0) is 15.1. The highest BCUT2D eigenvalue weighted by atomic mass is 16.5. The molecule has 0 aliphatic carbocycles. The maximum absolute atomic E-state index is 11.8. The molecule has 0 aromatic heterocycles. The van der Waals surface area contributed by atoms with E-state index in [1.165, 1.54) is 6.92 Å². The third-order valence-corrected chi connectivity index (χ3v) is 2.74. The molecular weight excluding hydrogens is 262 g/mol. The lowest BCUT2D eigenvalue weighted by atomic mass is 10.2. The second-order valence-corrected chi connectivity index (χ2v) is 4.48. The van der Waals surface area contributed by atoms with E-state index in [9.17, 15) is 9.59 Å². The van der Waals surface area contributed by atoms with E-state index in [0.29, 0.717) is 5.75 Å². The topological polar surface area (TPSA) is 95.9 Å². The van der Waals surface area contributed by atoms with Crippen LogP contribution in [-0.4, -0.2) is 40.8 Å². The highest BCUT2D eigenvalue weighted by Gasteiger charge is 2.23. The Labute approximate surface area is 117 Å². The lowest BCUT2D eigenvalue weighted by Gasteiger charge is -2.18. The largest absolute Gasteiger partial charge is 0.481 e. The number of carbonyl (C=O) groups is 2. The fraction of sp³-hybridized carbons (Fsp3) is 0.429. The van der Waals surface area contributed by atoms with Crippen LogP contribution in [0.1, 0.15) is 18.9 Å². The third-order valence-electron chi connectivity index (χ3n) is 2.74.